The number of nitrogens with zero attached hydrogens (tertiary/aromatic N) is 2. The van der Waals surface area contributed by atoms with Gasteiger partial charge in [0, 0.05) is 11.6 Å². The van der Waals surface area contributed by atoms with Gasteiger partial charge in [0.2, 0.25) is 5.43 Å². The van der Waals surface area contributed by atoms with Crippen molar-refractivity contribution in [1.29, 1.82) is 0 Å². The van der Waals surface area contributed by atoms with Crippen LogP contribution in [0, 0.1) is 12.7 Å². The van der Waals surface area contributed by atoms with Gasteiger partial charge in [-0.25, -0.2) is 14.2 Å². The van der Waals surface area contributed by atoms with Crippen molar-refractivity contribution in [3.63, 3.8) is 0 Å². The smallest absolute Gasteiger partial charge is 0.360 e. The first-order valence-corrected chi connectivity index (χ1v) is 9.78. The van der Waals surface area contributed by atoms with Crippen molar-refractivity contribution in [3.05, 3.63) is 81.7 Å². The second kappa shape index (κ2) is 8.54. The molecule has 0 aliphatic heterocycles. The van der Waals surface area contributed by atoms with Crippen molar-refractivity contribution < 1.29 is 28.3 Å². The molecule has 0 spiro atoms. The molecule has 1 N–H and O–H groups in total. The van der Waals surface area contributed by atoms with Crippen LogP contribution in [0.2, 0.25) is 0 Å². The lowest BCUT2D eigenvalue weighted by atomic mass is 10.1. The Kier molecular flexibility index (Phi) is 5.63. The number of halogens is 1. The highest BCUT2D eigenvalue weighted by Gasteiger charge is 2.25. The van der Waals surface area contributed by atoms with Crippen molar-refractivity contribution in [2.45, 2.75) is 20.5 Å². The Bertz CT molecular complexity index is 1370. The minimum absolute atomic E-state index is 0.0123. The number of benzene rings is 2. The molecule has 9 heteroatoms. The number of carbonyl (C=O) groups is 1. The second-order valence-corrected chi connectivity index (χ2v) is 6.92. The molecule has 2 aromatic carbocycles. The van der Waals surface area contributed by atoms with Crippen LogP contribution in [0.3, 0.4) is 0 Å². The zero-order valence-electron chi connectivity index (χ0n) is 17.3. The maximum absolute atomic E-state index is 13.8. The van der Waals surface area contributed by atoms with Gasteiger partial charge in [-0.15, -0.1) is 0 Å². The van der Waals surface area contributed by atoms with Crippen LogP contribution in [0.4, 0.5) is 4.39 Å². The number of hydrogen-bond donors (Lipinski definition) is 1. The Hall–Kier alpha value is -4.14. The van der Waals surface area contributed by atoms with Gasteiger partial charge in [0.1, 0.15) is 35.6 Å². The summed E-state index contributed by atoms with van der Waals surface area (Å²) in [6.07, 6.45) is 1.15. The van der Waals surface area contributed by atoms with Gasteiger partial charge in [0.25, 0.3) is 0 Å². The van der Waals surface area contributed by atoms with Crippen LogP contribution in [-0.2, 0) is 11.3 Å². The number of aromatic nitrogens is 2. The van der Waals surface area contributed by atoms with Crippen molar-refractivity contribution in [3.8, 4) is 17.1 Å². The molecule has 0 bridgehead atoms. The third kappa shape index (κ3) is 3.80. The number of rotatable bonds is 6. The molecule has 0 radical (unpaired) electrons. The number of fused-ring (bicyclic) bond motifs is 1. The van der Waals surface area contributed by atoms with Crippen LogP contribution in [0.1, 0.15) is 28.7 Å². The zero-order chi connectivity index (χ0) is 22.8. The van der Waals surface area contributed by atoms with Crippen molar-refractivity contribution in [2.75, 3.05) is 6.61 Å². The average molecular weight is 438 g/mol. The third-order valence-corrected chi connectivity index (χ3v) is 4.84. The van der Waals surface area contributed by atoms with E-state index in [1.807, 2.05) is 0 Å². The van der Waals surface area contributed by atoms with E-state index < -0.39 is 11.4 Å². The summed E-state index contributed by atoms with van der Waals surface area (Å²) in [6, 6.07) is 10.8. The van der Waals surface area contributed by atoms with E-state index in [0.29, 0.717) is 16.0 Å². The fourth-order valence-corrected chi connectivity index (χ4v) is 3.26. The summed E-state index contributed by atoms with van der Waals surface area (Å²) >= 11 is 0. The number of hydrogen-bond acceptors (Lipinski definition) is 7. The molecule has 0 aliphatic carbocycles. The molecule has 2 heterocycles. The Morgan fingerprint density at radius 2 is 2.03 bits per heavy atom. The summed E-state index contributed by atoms with van der Waals surface area (Å²) in [5.74, 6) is -0.878. The van der Waals surface area contributed by atoms with Gasteiger partial charge in [0.05, 0.1) is 17.7 Å². The number of carbonyl (C=O) groups excluding carboxylic acids is 1. The fraction of sp³-hybridized carbons (Fsp3) is 0.174. The van der Waals surface area contributed by atoms with Gasteiger partial charge in [-0.05, 0) is 32.0 Å². The molecule has 0 unspecified atom stereocenters. The highest BCUT2D eigenvalue weighted by Crippen LogP contribution is 2.25. The van der Waals surface area contributed by atoms with E-state index >= 15 is 0 Å². The summed E-state index contributed by atoms with van der Waals surface area (Å²) in [7, 11) is 0. The highest BCUT2D eigenvalue weighted by molar-refractivity contribution is 5.90. The molecule has 0 saturated heterocycles. The van der Waals surface area contributed by atoms with Gasteiger partial charge in [-0.1, -0.05) is 18.2 Å². The molecule has 0 atom stereocenters. The van der Waals surface area contributed by atoms with Crippen LogP contribution in [0.15, 0.2) is 57.9 Å². The normalized spacial score (nSPS) is 11.0. The number of esters is 1. The Labute approximate surface area is 181 Å². The van der Waals surface area contributed by atoms with Crippen LogP contribution < -0.4 is 10.2 Å². The van der Waals surface area contributed by atoms with Gasteiger partial charge in [-0.3, -0.25) is 4.79 Å². The lowest BCUT2D eigenvalue weighted by Gasteiger charge is -2.08. The SMILES string of the molecule is CCOC(=O)c1c(C)nc(-c2coc3cc(OCc4ccccc4F)ccc3c2=O)n1O. The van der Waals surface area contributed by atoms with Crippen LogP contribution in [0.5, 0.6) is 5.75 Å². The van der Waals surface area contributed by atoms with E-state index in [9.17, 15) is 19.2 Å². The standard InChI is InChI=1S/C23H19FN2O6/c1-3-30-23(28)20-13(2)25-22(26(20)29)17-12-32-19-10-15(8-9-16(19)21(17)27)31-11-14-6-4-5-7-18(14)24/h4-10,12,29H,3,11H2,1-2H3. The summed E-state index contributed by atoms with van der Waals surface area (Å²) in [4.78, 5) is 29.2. The molecule has 0 saturated carbocycles. The highest BCUT2D eigenvalue weighted by atomic mass is 19.1. The number of aryl methyl sites for hydroxylation is 1. The summed E-state index contributed by atoms with van der Waals surface area (Å²) < 4.78 is 30.4. The van der Waals surface area contributed by atoms with E-state index in [1.54, 1.807) is 31.2 Å². The molecule has 4 aromatic rings. The van der Waals surface area contributed by atoms with E-state index in [0.717, 1.165) is 6.26 Å². The second-order valence-electron chi connectivity index (χ2n) is 6.92. The summed E-state index contributed by atoms with van der Waals surface area (Å²) in [5, 5.41) is 10.6. The monoisotopic (exact) mass is 438 g/mol. The zero-order valence-corrected chi connectivity index (χ0v) is 17.3. The van der Waals surface area contributed by atoms with Gasteiger partial charge in [0.15, 0.2) is 11.5 Å². The molecular weight excluding hydrogens is 419 g/mol. The quantitative estimate of drug-likeness (QED) is 0.357. The lowest BCUT2D eigenvalue weighted by Crippen LogP contribution is -2.14. The Balaban J connectivity index is 1.66. The van der Waals surface area contributed by atoms with E-state index in [4.69, 9.17) is 13.9 Å². The molecule has 32 heavy (non-hydrogen) atoms. The fourth-order valence-electron chi connectivity index (χ4n) is 3.26. The number of ether oxygens (including phenoxy) is 2. The third-order valence-electron chi connectivity index (χ3n) is 4.84. The Morgan fingerprint density at radius 1 is 1.25 bits per heavy atom. The van der Waals surface area contributed by atoms with Gasteiger partial charge < -0.3 is 19.1 Å². The maximum atomic E-state index is 13.8. The van der Waals surface area contributed by atoms with E-state index in [-0.39, 0.29) is 52.8 Å². The minimum atomic E-state index is -0.756. The average Bonchev–Trinajstić information content (AvgIpc) is 3.07. The number of imidazole rings is 1. The molecule has 8 nitrogen and oxygen atoms in total. The first-order chi connectivity index (χ1) is 15.4. The summed E-state index contributed by atoms with van der Waals surface area (Å²) in [5.41, 5.74) is 0.187. The van der Waals surface area contributed by atoms with Gasteiger partial charge in [-0.2, -0.15) is 4.73 Å². The molecular formula is C23H19FN2O6. The molecule has 0 fully saturated rings. The van der Waals surface area contributed by atoms with Crippen molar-refractivity contribution in [1.82, 2.24) is 9.71 Å². The van der Waals surface area contributed by atoms with Gasteiger partial charge >= 0.3 is 5.97 Å². The van der Waals surface area contributed by atoms with Crippen LogP contribution >= 0.6 is 0 Å². The maximum Gasteiger partial charge on any atom is 0.360 e. The van der Waals surface area contributed by atoms with Crippen molar-refractivity contribution >= 4 is 16.9 Å². The molecule has 2 aromatic heterocycles. The first-order valence-electron chi connectivity index (χ1n) is 9.78. The Morgan fingerprint density at radius 3 is 2.78 bits per heavy atom. The lowest BCUT2D eigenvalue weighted by molar-refractivity contribution is 0.0476. The van der Waals surface area contributed by atoms with Crippen LogP contribution in [-0.4, -0.2) is 27.5 Å². The topological polar surface area (TPSA) is 104 Å². The predicted molar refractivity (Wildman–Crippen MR) is 112 cm³/mol. The van der Waals surface area contributed by atoms with E-state index in [2.05, 4.69) is 4.98 Å². The molecule has 4 rings (SSSR count). The summed E-state index contributed by atoms with van der Waals surface area (Å²) in [6.45, 7) is 3.29. The van der Waals surface area contributed by atoms with Crippen molar-refractivity contribution in [2.24, 2.45) is 0 Å². The molecule has 0 amide bonds. The van der Waals surface area contributed by atoms with E-state index in [1.165, 1.54) is 25.1 Å². The predicted octanol–water partition coefficient (Wildman–Crippen LogP) is 4.10. The molecule has 164 valence electrons. The minimum Gasteiger partial charge on any atom is -0.489 e. The largest absolute Gasteiger partial charge is 0.489 e. The first kappa shape index (κ1) is 21.1. The molecule has 0 aliphatic rings. The van der Waals surface area contributed by atoms with Crippen LogP contribution in [0.25, 0.3) is 22.4 Å².